The first-order valence-electron chi connectivity index (χ1n) is 5.13. The molecule has 0 unspecified atom stereocenters. The van der Waals surface area contributed by atoms with E-state index in [0.717, 1.165) is 17.7 Å². The topological polar surface area (TPSA) is 69.2 Å². The van der Waals surface area contributed by atoms with Gasteiger partial charge in [0.05, 0.1) is 4.92 Å². The first kappa shape index (κ1) is 10.6. The van der Waals surface area contributed by atoms with Crippen molar-refractivity contribution in [3.8, 4) is 0 Å². The van der Waals surface area contributed by atoms with E-state index in [1.165, 1.54) is 24.2 Å². The molecule has 0 aromatic carbocycles. The summed E-state index contributed by atoms with van der Waals surface area (Å²) in [6.07, 6.45) is 4.51. The number of nitrogens with zero attached hydrogens (tertiary/aromatic N) is 1. The Morgan fingerprint density at radius 3 is 2.60 bits per heavy atom. The van der Waals surface area contributed by atoms with E-state index < -0.39 is 0 Å². The van der Waals surface area contributed by atoms with Crippen LogP contribution < -0.4 is 5.73 Å². The minimum absolute atomic E-state index is 0.0267. The summed E-state index contributed by atoms with van der Waals surface area (Å²) in [4.78, 5) is 11.4. The Balaban J connectivity index is 2.30. The summed E-state index contributed by atoms with van der Waals surface area (Å²) in [6.45, 7) is 0.602. The van der Waals surface area contributed by atoms with Gasteiger partial charge in [0.15, 0.2) is 0 Å². The third-order valence-corrected chi connectivity index (χ3v) is 4.53. The Morgan fingerprint density at radius 2 is 2.13 bits per heavy atom. The Hall–Kier alpha value is -0.940. The lowest BCUT2D eigenvalue weighted by molar-refractivity contribution is -0.380. The molecule has 1 aromatic heterocycles. The molecule has 0 radical (unpaired) electrons. The maximum atomic E-state index is 10.6. The summed E-state index contributed by atoms with van der Waals surface area (Å²) in [5, 5.41) is 10.8. The van der Waals surface area contributed by atoms with E-state index in [1.54, 1.807) is 6.07 Å². The number of hydrogen-bond donors (Lipinski definition) is 1. The zero-order valence-corrected chi connectivity index (χ0v) is 9.26. The van der Waals surface area contributed by atoms with Gasteiger partial charge in [-0.2, -0.15) is 0 Å². The van der Waals surface area contributed by atoms with Crippen LogP contribution in [0.25, 0.3) is 0 Å². The molecule has 0 saturated heterocycles. The van der Waals surface area contributed by atoms with Gasteiger partial charge in [-0.25, -0.2) is 0 Å². The highest BCUT2D eigenvalue weighted by molar-refractivity contribution is 7.15. The Bertz CT molecular complexity index is 369. The Kier molecular flexibility index (Phi) is 2.75. The molecule has 0 bridgehead atoms. The standard InChI is InChI=1S/C10H14N2O2S/c11-7-10(5-1-2-6-10)8-3-4-9(15-8)12(13)14/h3-4H,1-2,5-7,11H2. The van der Waals surface area contributed by atoms with Gasteiger partial charge in [-0.3, -0.25) is 10.1 Å². The van der Waals surface area contributed by atoms with Gasteiger partial charge >= 0.3 is 5.00 Å². The third-order valence-electron chi connectivity index (χ3n) is 3.25. The highest BCUT2D eigenvalue weighted by Crippen LogP contribution is 2.44. The van der Waals surface area contributed by atoms with Crippen LogP contribution >= 0.6 is 11.3 Å². The Labute approximate surface area is 92.2 Å². The van der Waals surface area contributed by atoms with Gasteiger partial charge in [0.25, 0.3) is 0 Å². The number of hydrogen-bond acceptors (Lipinski definition) is 4. The molecule has 0 amide bonds. The van der Waals surface area contributed by atoms with Gasteiger partial charge in [-0.15, -0.1) is 0 Å². The lowest BCUT2D eigenvalue weighted by Gasteiger charge is -2.25. The van der Waals surface area contributed by atoms with Crippen molar-refractivity contribution in [2.24, 2.45) is 5.73 Å². The second kappa shape index (κ2) is 3.90. The van der Waals surface area contributed by atoms with Crippen LogP contribution in [0.5, 0.6) is 0 Å². The summed E-state index contributed by atoms with van der Waals surface area (Å²) >= 11 is 1.28. The minimum Gasteiger partial charge on any atom is -0.330 e. The fourth-order valence-corrected chi connectivity index (χ4v) is 3.39. The molecule has 15 heavy (non-hydrogen) atoms. The van der Waals surface area contributed by atoms with Gasteiger partial charge in [0, 0.05) is 22.9 Å². The van der Waals surface area contributed by atoms with Crippen molar-refractivity contribution in [2.45, 2.75) is 31.1 Å². The lowest BCUT2D eigenvalue weighted by atomic mass is 9.85. The van der Waals surface area contributed by atoms with E-state index in [1.807, 2.05) is 6.07 Å². The summed E-state index contributed by atoms with van der Waals surface area (Å²) in [6, 6.07) is 3.47. The van der Waals surface area contributed by atoms with Crippen molar-refractivity contribution in [1.82, 2.24) is 0 Å². The fourth-order valence-electron chi connectivity index (χ4n) is 2.31. The molecule has 1 fully saturated rings. The summed E-state index contributed by atoms with van der Waals surface area (Å²) in [5.74, 6) is 0. The van der Waals surface area contributed by atoms with E-state index in [9.17, 15) is 10.1 Å². The van der Waals surface area contributed by atoms with Crippen LogP contribution in [0, 0.1) is 10.1 Å². The molecule has 1 aromatic rings. The second-order valence-corrected chi connectivity index (χ2v) is 5.15. The molecule has 82 valence electrons. The quantitative estimate of drug-likeness (QED) is 0.635. The predicted molar refractivity (Wildman–Crippen MR) is 60.2 cm³/mol. The molecule has 0 spiro atoms. The molecule has 2 N–H and O–H groups in total. The first-order chi connectivity index (χ1) is 7.18. The molecular weight excluding hydrogens is 212 g/mol. The van der Waals surface area contributed by atoms with Crippen LogP contribution in [-0.2, 0) is 5.41 Å². The normalized spacial score (nSPS) is 19.3. The van der Waals surface area contributed by atoms with Crippen molar-refractivity contribution in [1.29, 1.82) is 0 Å². The van der Waals surface area contributed by atoms with Crippen molar-refractivity contribution in [3.05, 3.63) is 27.1 Å². The zero-order valence-electron chi connectivity index (χ0n) is 8.44. The van der Waals surface area contributed by atoms with E-state index in [2.05, 4.69) is 0 Å². The monoisotopic (exact) mass is 226 g/mol. The van der Waals surface area contributed by atoms with Gasteiger partial charge in [0.2, 0.25) is 0 Å². The zero-order chi connectivity index (χ0) is 10.9. The maximum Gasteiger partial charge on any atom is 0.324 e. The number of nitrogens with two attached hydrogens (primary N) is 1. The average molecular weight is 226 g/mol. The van der Waals surface area contributed by atoms with Gasteiger partial charge in [-0.1, -0.05) is 24.2 Å². The van der Waals surface area contributed by atoms with Crippen LogP contribution in [0.4, 0.5) is 5.00 Å². The number of thiophene rings is 1. The molecule has 1 heterocycles. The SMILES string of the molecule is NCC1(c2ccc([N+](=O)[O-])s2)CCCC1. The predicted octanol–water partition coefficient (Wildman–Crippen LogP) is 2.43. The largest absolute Gasteiger partial charge is 0.330 e. The molecule has 0 atom stereocenters. The van der Waals surface area contributed by atoms with E-state index in [0.29, 0.717) is 6.54 Å². The smallest absolute Gasteiger partial charge is 0.324 e. The maximum absolute atomic E-state index is 10.6. The molecule has 4 nitrogen and oxygen atoms in total. The Morgan fingerprint density at radius 1 is 1.47 bits per heavy atom. The minimum atomic E-state index is -0.326. The van der Waals surface area contributed by atoms with Crippen LogP contribution in [-0.4, -0.2) is 11.5 Å². The van der Waals surface area contributed by atoms with E-state index in [4.69, 9.17) is 5.73 Å². The first-order valence-corrected chi connectivity index (χ1v) is 5.94. The summed E-state index contributed by atoms with van der Waals surface area (Å²) < 4.78 is 0. The van der Waals surface area contributed by atoms with Crippen molar-refractivity contribution < 1.29 is 4.92 Å². The number of nitro groups is 1. The second-order valence-electron chi connectivity index (χ2n) is 4.09. The molecular formula is C10H14N2O2S. The van der Waals surface area contributed by atoms with Crippen molar-refractivity contribution in [2.75, 3.05) is 6.54 Å². The summed E-state index contributed by atoms with van der Waals surface area (Å²) in [7, 11) is 0. The van der Waals surface area contributed by atoms with Crippen molar-refractivity contribution in [3.63, 3.8) is 0 Å². The van der Waals surface area contributed by atoms with Gasteiger partial charge in [0.1, 0.15) is 0 Å². The van der Waals surface area contributed by atoms with Crippen LogP contribution in [0.1, 0.15) is 30.6 Å². The number of rotatable bonds is 3. The van der Waals surface area contributed by atoms with Gasteiger partial charge in [-0.05, 0) is 18.9 Å². The third kappa shape index (κ3) is 1.77. The van der Waals surface area contributed by atoms with Gasteiger partial charge < -0.3 is 5.73 Å². The van der Waals surface area contributed by atoms with E-state index >= 15 is 0 Å². The van der Waals surface area contributed by atoms with Crippen LogP contribution in [0.2, 0.25) is 0 Å². The molecule has 1 aliphatic rings. The molecule has 2 rings (SSSR count). The highest BCUT2D eigenvalue weighted by Gasteiger charge is 2.36. The molecule has 5 heteroatoms. The molecule has 0 aliphatic heterocycles. The van der Waals surface area contributed by atoms with Crippen molar-refractivity contribution >= 4 is 16.3 Å². The highest BCUT2D eigenvalue weighted by atomic mass is 32.1. The summed E-state index contributed by atoms with van der Waals surface area (Å²) in [5.41, 5.74) is 5.85. The van der Waals surface area contributed by atoms with Crippen LogP contribution in [0.15, 0.2) is 12.1 Å². The van der Waals surface area contributed by atoms with Crippen LogP contribution in [0.3, 0.4) is 0 Å². The average Bonchev–Trinajstić information content (AvgIpc) is 2.87. The van der Waals surface area contributed by atoms with E-state index in [-0.39, 0.29) is 15.3 Å². The molecule has 1 aliphatic carbocycles. The lowest BCUT2D eigenvalue weighted by Crippen LogP contribution is -2.30. The molecule has 1 saturated carbocycles. The fraction of sp³-hybridized carbons (Fsp3) is 0.600.